The maximum atomic E-state index is 12.9. The third-order valence-corrected chi connectivity index (χ3v) is 6.82. The number of carbonyl (C=O) groups excluding carboxylic acids is 2. The van der Waals surface area contributed by atoms with Crippen molar-refractivity contribution < 1.29 is 27.1 Å². The lowest BCUT2D eigenvalue weighted by Gasteiger charge is -2.22. The van der Waals surface area contributed by atoms with Gasteiger partial charge in [-0.25, -0.2) is 12.8 Å². The van der Waals surface area contributed by atoms with Gasteiger partial charge in [-0.3, -0.25) is 9.59 Å². The quantitative estimate of drug-likeness (QED) is 0.649. The van der Waals surface area contributed by atoms with Crippen LogP contribution in [0.15, 0.2) is 53.4 Å². The molecule has 1 saturated heterocycles. The molecular weight excluding hydrogens is 435 g/mol. The highest BCUT2D eigenvalue weighted by Crippen LogP contribution is 2.27. The van der Waals surface area contributed by atoms with Crippen LogP contribution in [-0.2, 0) is 30.9 Å². The molecule has 1 atom stereocenters. The van der Waals surface area contributed by atoms with E-state index in [0.717, 1.165) is 4.31 Å². The van der Waals surface area contributed by atoms with Gasteiger partial charge < -0.3 is 10.1 Å². The van der Waals surface area contributed by atoms with E-state index >= 15 is 0 Å². The van der Waals surface area contributed by atoms with Gasteiger partial charge in [0.1, 0.15) is 11.9 Å². The van der Waals surface area contributed by atoms with Crippen molar-refractivity contribution >= 4 is 33.5 Å². The summed E-state index contributed by atoms with van der Waals surface area (Å²) >= 11 is 5.81. The Morgan fingerprint density at radius 3 is 2.47 bits per heavy atom. The molecule has 7 nitrogen and oxygen atoms in total. The summed E-state index contributed by atoms with van der Waals surface area (Å²) in [4.78, 5) is 24.4. The Bertz CT molecular complexity index is 1010. The number of carbonyl (C=O) groups is 2. The molecule has 0 radical (unpaired) electrons. The van der Waals surface area contributed by atoms with E-state index in [0.29, 0.717) is 23.4 Å². The van der Waals surface area contributed by atoms with Gasteiger partial charge >= 0.3 is 5.97 Å². The molecule has 2 aromatic carbocycles. The molecule has 1 aliphatic rings. The largest absolute Gasteiger partial charge is 0.454 e. The number of ether oxygens (including phenoxy) is 1. The van der Waals surface area contributed by atoms with Crippen LogP contribution in [0.25, 0.3) is 0 Å². The highest BCUT2D eigenvalue weighted by atomic mass is 35.5. The van der Waals surface area contributed by atoms with E-state index in [1.165, 1.54) is 48.5 Å². The van der Waals surface area contributed by atoms with Gasteiger partial charge in [0.25, 0.3) is 5.91 Å². The summed E-state index contributed by atoms with van der Waals surface area (Å²) < 4.78 is 44.7. The molecule has 1 heterocycles. The van der Waals surface area contributed by atoms with Crippen molar-refractivity contribution in [1.29, 1.82) is 0 Å². The minimum Gasteiger partial charge on any atom is -0.454 e. The molecule has 0 spiro atoms. The van der Waals surface area contributed by atoms with Crippen molar-refractivity contribution in [2.45, 2.75) is 30.3 Å². The summed E-state index contributed by atoms with van der Waals surface area (Å²) in [7, 11) is -3.90. The molecule has 160 valence electrons. The smallest absolute Gasteiger partial charge is 0.324 e. The number of hydrogen-bond acceptors (Lipinski definition) is 5. The van der Waals surface area contributed by atoms with E-state index in [2.05, 4.69) is 5.32 Å². The molecule has 0 bridgehead atoms. The van der Waals surface area contributed by atoms with Crippen LogP contribution in [0, 0.1) is 5.82 Å². The average molecular weight is 455 g/mol. The Kier molecular flexibility index (Phi) is 7.06. The van der Waals surface area contributed by atoms with Gasteiger partial charge in [0, 0.05) is 18.1 Å². The van der Waals surface area contributed by atoms with Gasteiger partial charge in [-0.2, -0.15) is 4.31 Å². The van der Waals surface area contributed by atoms with Crippen LogP contribution in [-0.4, -0.2) is 43.8 Å². The Morgan fingerprint density at radius 2 is 1.80 bits per heavy atom. The second-order valence-corrected chi connectivity index (χ2v) is 9.07. The first kappa shape index (κ1) is 22.2. The standard InChI is InChI=1S/C20H20ClFN2O5S/c21-15-5-9-17(10-6-15)30(27,28)24-11-1-2-18(24)20(26)29-13-19(25)23-12-14-3-7-16(22)8-4-14/h3-10,18H,1-2,11-13H2,(H,23,25)/t18-/m1/s1. The third-order valence-electron chi connectivity index (χ3n) is 4.64. The minimum atomic E-state index is -3.90. The average Bonchev–Trinajstić information content (AvgIpc) is 3.23. The zero-order chi connectivity index (χ0) is 21.7. The Labute approximate surface area is 178 Å². The van der Waals surface area contributed by atoms with Crippen LogP contribution < -0.4 is 5.32 Å². The molecule has 1 N–H and O–H groups in total. The zero-order valence-corrected chi connectivity index (χ0v) is 17.5. The maximum absolute atomic E-state index is 12.9. The predicted molar refractivity (Wildman–Crippen MR) is 108 cm³/mol. The first-order chi connectivity index (χ1) is 14.3. The molecule has 30 heavy (non-hydrogen) atoms. The van der Waals surface area contributed by atoms with Crippen molar-refractivity contribution in [3.63, 3.8) is 0 Å². The van der Waals surface area contributed by atoms with Crippen molar-refractivity contribution in [2.24, 2.45) is 0 Å². The minimum absolute atomic E-state index is 0.0311. The van der Waals surface area contributed by atoms with Crippen LogP contribution in [0.5, 0.6) is 0 Å². The molecule has 1 aliphatic heterocycles. The summed E-state index contributed by atoms with van der Waals surface area (Å²) in [6, 6.07) is 10.3. The van der Waals surface area contributed by atoms with E-state index in [4.69, 9.17) is 16.3 Å². The number of amides is 1. The normalized spacial score (nSPS) is 16.9. The van der Waals surface area contributed by atoms with E-state index in [9.17, 15) is 22.4 Å². The van der Waals surface area contributed by atoms with Crippen LogP contribution in [0.4, 0.5) is 4.39 Å². The van der Waals surface area contributed by atoms with Crippen LogP contribution in [0.2, 0.25) is 5.02 Å². The number of nitrogens with one attached hydrogen (secondary N) is 1. The number of sulfonamides is 1. The molecule has 2 aromatic rings. The third kappa shape index (κ3) is 5.35. The van der Waals surface area contributed by atoms with Gasteiger partial charge in [0.05, 0.1) is 4.90 Å². The molecule has 0 aliphatic carbocycles. The van der Waals surface area contributed by atoms with Gasteiger partial charge in [0.15, 0.2) is 6.61 Å². The van der Waals surface area contributed by atoms with E-state index in [1.54, 1.807) is 0 Å². The predicted octanol–water partition coefficient (Wildman–Crippen LogP) is 2.49. The number of rotatable bonds is 7. The van der Waals surface area contributed by atoms with Gasteiger partial charge in [-0.05, 0) is 54.8 Å². The molecule has 0 saturated carbocycles. The van der Waals surface area contributed by atoms with Crippen LogP contribution in [0.3, 0.4) is 0 Å². The lowest BCUT2D eigenvalue weighted by atomic mass is 10.2. The topological polar surface area (TPSA) is 92.8 Å². The zero-order valence-electron chi connectivity index (χ0n) is 15.9. The second-order valence-electron chi connectivity index (χ2n) is 6.74. The molecule has 1 amide bonds. The van der Waals surface area contributed by atoms with Crippen molar-refractivity contribution in [3.8, 4) is 0 Å². The fourth-order valence-electron chi connectivity index (χ4n) is 3.09. The summed E-state index contributed by atoms with van der Waals surface area (Å²) in [5.74, 6) is -1.70. The molecule has 0 unspecified atom stereocenters. The fourth-order valence-corrected chi connectivity index (χ4v) is 4.86. The number of hydrogen-bond donors (Lipinski definition) is 1. The number of nitrogens with zero attached hydrogens (tertiary/aromatic N) is 1. The Morgan fingerprint density at radius 1 is 1.13 bits per heavy atom. The second kappa shape index (κ2) is 9.55. The molecular formula is C20H20ClFN2O5S. The Hall–Kier alpha value is -2.49. The molecule has 10 heteroatoms. The molecule has 3 rings (SSSR count). The fraction of sp³-hybridized carbons (Fsp3) is 0.300. The summed E-state index contributed by atoms with van der Waals surface area (Å²) in [5.41, 5.74) is 0.687. The number of halogens is 2. The first-order valence-corrected chi connectivity index (χ1v) is 11.0. The maximum Gasteiger partial charge on any atom is 0.324 e. The lowest BCUT2D eigenvalue weighted by Crippen LogP contribution is -2.42. The summed E-state index contributed by atoms with van der Waals surface area (Å²) in [6.07, 6.45) is 0.812. The summed E-state index contributed by atoms with van der Waals surface area (Å²) in [6.45, 7) is -0.204. The van der Waals surface area contributed by atoms with E-state index in [-0.39, 0.29) is 23.8 Å². The van der Waals surface area contributed by atoms with Crippen molar-refractivity contribution in [3.05, 3.63) is 64.9 Å². The highest BCUT2D eigenvalue weighted by Gasteiger charge is 2.40. The van der Waals surface area contributed by atoms with E-state index < -0.39 is 34.5 Å². The van der Waals surface area contributed by atoms with Crippen LogP contribution >= 0.6 is 11.6 Å². The first-order valence-electron chi connectivity index (χ1n) is 9.22. The van der Waals surface area contributed by atoms with Gasteiger partial charge in [-0.15, -0.1) is 0 Å². The van der Waals surface area contributed by atoms with Gasteiger partial charge in [-0.1, -0.05) is 23.7 Å². The SMILES string of the molecule is O=C(COC(=O)[C@H]1CCCN1S(=O)(=O)c1ccc(Cl)cc1)NCc1ccc(F)cc1. The number of benzene rings is 2. The number of esters is 1. The monoisotopic (exact) mass is 454 g/mol. The van der Waals surface area contributed by atoms with Crippen molar-refractivity contribution in [1.82, 2.24) is 9.62 Å². The van der Waals surface area contributed by atoms with Crippen LogP contribution in [0.1, 0.15) is 18.4 Å². The van der Waals surface area contributed by atoms with E-state index in [1.807, 2.05) is 0 Å². The Balaban J connectivity index is 1.55. The molecule has 0 aromatic heterocycles. The van der Waals surface area contributed by atoms with Gasteiger partial charge in [0.2, 0.25) is 10.0 Å². The molecule has 1 fully saturated rings. The lowest BCUT2D eigenvalue weighted by molar-refractivity contribution is -0.151. The highest BCUT2D eigenvalue weighted by molar-refractivity contribution is 7.89. The summed E-state index contributed by atoms with van der Waals surface area (Å²) in [5, 5.41) is 2.95. The van der Waals surface area contributed by atoms with Crippen molar-refractivity contribution in [2.75, 3.05) is 13.2 Å².